The van der Waals surface area contributed by atoms with Gasteiger partial charge in [0.15, 0.2) is 0 Å². The van der Waals surface area contributed by atoms with Gasteiger partial charge in [-0.15, -0.1) is 12.4 Å². The normalized spacial score (nSPS) is 21.6. The second-order valence-electron chi connectivity index (χ2n) is 7.99. The van der Waals surface area contributed by atoms with E-state index in [1.165, 1.54) is 0 Å². The third-order valence-electron chi connectivity index (χ3n) is 5.95. The van der Waals surface area contributed by atoms with Crippen molar-refractivity contribution in [3.8, 4) is 0 Å². The Balaban J connectivity index is 0.00000256. The van der Waals surface area contributed by atoms with Crippen LogP contribution in [0.1, 0.15) is 40.4 Å². The standard InChI is InChI=1S/C23H28N4O2.ClH/c1-17-6-8-18(9-7-17)22(28)26-12-3-5-20(16-26)23(29)27-13-11-25-15-21(27)19-4-2-10-24-14-19;/h2,4,6-10,14,20-21,25H,3,5,11-13,15-16H2,1H3;1H. The van der Waals surface area contributed by atoms with Gasteiger partial charge < -0.3 is 15.1 Å². The number of aromatic nitrogens is 1. The quantitative estimate of drug-likeness (QED) is 0.816. The summed E-state index contributed by atoms with van der Waals surface area (Å²) >= 11 is 0. The second-order valence-corrected chi connectivity index (χ2v) is 7.99. The van der Waals surface area contributed by atoms with Gasteiger partial charge in [0.2, 0.25) is 5.91 Å². The van der Waals surface area contributed by atoms with Crippen molar-refractivity contribution >= 4 is 24.2 Å². The number of benzene rings is 1. The van der Waals surface area contributed by atoms with E-state index in [2.05, 4.69) is 10.3 Å². The van der Waals surface area contributed by atoms with E-state index in [1.54, 1.807) is 6.20 Å². The number of nitrogens with zero attached hydrogens (tertiary/aromatic N) is 3. The number of carbonyl (C=O) groups is 2. The molecule has 2 fully saturated rings. The average molecular weight is 429 g/mol. The van der Waals surface area contributed by atoms with Crippen LogP contribution in [-0.4, -0.2) is 59.3 Å². The molecule has 4 rings (SSSR count). The van der Waals surface area contributed by atoms with E-state index in [-0.39, 0.29) is 36.2 Å². The zero-order chi connectivity index (χ0) is 20.2. The Labute approximate surface area is 184 Å². The first kappa shape index (κ1) is 22.2. The van der Waals surface area contributed by atoms with Crippen molar-refractivity contribution in [1.29, 1.82) is 0 Å². The van der Waals surface area contributed by atoms with Crippen molar-refractivity contribution in [3.63, 3.8) is 0 Å². The highest BCUT2D eigenvalue weighted by molar-refractivity contribution is 5.94. The van der Waals surface area contributed by atoms with Crippen molar-refractivity contribution in [1.82, 2.24) is 20.1 Å². The molecule has 1 aromatic heterocycles. The molecule has 2 unspecified atom stereocenters. The molecule has 0 bridgehead atoms. The van der Waals surface area contributed by atoms with Crippen LogP contribution in [0.2, 0.25) is 0 Å². The summed E-state index contributed by atoms with van der Waals surface area (Å²) in [5.74, 6) is 0.0313. The first-order valence-electron chi connectivity index (χ1n) is 10.4. The number of aryl methyl sites for hydroxylation is 1. The summed E-state index contributed by atoms with van der Waals surface area (Å²) in [6.45, 7) is 5.42. The van der Waals surface area contributed by atoms with E-state index >= 15 is 0 Å². The highest BCUT2D eigenvalue weighted by atomic mass is 35.5. The van der Waals surface area contributed by atoms with E-state index in [0.29, 0.717) is 25.2 Å². The van der Waals surface area contributed by atoms with Gasteiger partial charge in [-0.05, 0) is 43.5 Å². The molecule has 2 atom stereocenters. The first-order chi connectivity index (χ1) is 14.1. The Bertz CT molecular complexity index is 859. The fourth-order valence-electron chi connectivity index (χ4n) is 4.32. The monoisotopic (exact) mass is 428 g/mol. The molecule has 0 spiro atoms. The summed E-state index contributed by atoms with van der Waals surface area (Å²) in [4.78, 5) is 34.4. The number of piperazine rings is 1. The molecule has 7 heteroatoms. The van der Waals surface area contributed by atoms with Gasteiger partial charge in [-0.1, -0.05) is 23.8 Å². The van der Waals surface area contributed by atoms with Crippen LogP contribution < -0.4 is 5.32 Å². The maximum Gasteiger partial charge on any atom is 0.253 e. The molecule has 2 aromatic rings. The molecule has 160 valence electrons. The zero-order valence-corrected chi connectivity index (χ0v) is 18.1. The lowest BCUT2D eigenvalue weighted by Gasteiger charge is -2.40. The highest BCUT2D eigenvalue weighted by Gasteiger charge is 2.35. The van der Waals surface area contributed by atoms with Gasteiger partial charge in [-0.3, -0.25) is 14.6 Å². The lowest BCUT2D eigenvalue weighted by atomic mass is 9.94. The van der Waals surface area contributed by atoms with Crippen LogP contribution in [0.25, 0.3) is 0 Å². The molecule has 30 heavy (non-hydrogen) atoms. The number of amides is 2. The fourth-order valence-corrected chi connectivity index (χ4v) is 4.32. The molecule has 6 nitrogen and oxygen atoms in total. The van der Waals surface area contributed by atoms with E-state index in [9.17, 15) is 9.59 Å². The van der Waals surface area contributed by atoms with Crippen LogP contribution in [0.3, 0.4) is 0 Å². The van der Waals surface area contributed by atoms with Crippen LogP contribution in [0.15, 0.2) is 48.8 Å². The van der Waals surface area contributed by atoms with Gasteiger partial charge in [0.25, 0.3) is 5.91 Å². The molecule has 3 heterocycles. The number of halogens is 1. The van der Waals surface area contributed by atoms with Gasteiger partial charge in [0.05, 0.1) is 12.0 Å². The number of hydrogen-bond donors (Lipinski definition) is 1. The summed E-state index contributed by atoms with van der Waals surface area (Å²) in [7, 11) is 0. The Morgan fingerprint density at radius 1 is 1.13 bits per heavy atom. The maximum absolute atomic E-state index is 13.4. The summed E-state index contributed by atoms with van der Waals surface area (Å²) in [6.07, 6.45) is 5.28. The number of likely N-dealkylation sites (tertiary alicyclic amines) is 1. The molecular formula is C23H29ClN4O2. The number of piperidine rings is 1. The van der Waals surface area contributed by atoms with Crippen LogP contribution >= 0.6 is 12.4 Å². The molecule has 0 radical (unpaired) electrons. The number of carbonyl (C=O) groups excluding carboxylic acids is 2. The molecule has 2 aliphatic heterocycles. The molecule has 2 saturated heterocycles. The summed E-state index contributed by atoms with van der Waals surface area (Å²) in [5.41, 5.74) is 2.88. The average Bonchev–Trinajstić information content (AvgIpc) is 2.79. The molecular weight excluding hydrogens is 400 g/mol. The lowest BCUT2D eigenvalue weighted by Crippen LogP contribution is -2.53. The first-order valence-corrected chi connectivity index (χ1v) is 10.4. The summed E-state index contributed by atoms with van der Waals surface area (Å²) in [6, 6.07) is 11.6. The van der Waals surface area contributed by atoms with Crippen molar-refractivity contribution in [2.75, 3.05) is 32.7 Å². The Morgan fingerprint density at radius 3 is 2.67 bits per heavy atom. The minimum absolute atomic E-state index is 0. The van der Waals surface area contributed by atoms with E-state index in [1.807, 2.05) is 59.3 Å². The van der Waals surface area contributed by atoms with Gasteiger partial charge in [0.1, 0.15) is 0 Å². The van der Waals surface area contributed by atoms with E-state index < -0.39 is 0 Å². The highest BCUT2D eigenvalue weighted by Crippen LogP contribution is 2.27. The minimum Gasteiger partial charge on any atom is -0.338 e. The number of rotatable bonds is 3. The number of pyridine rings is 1. The second kappa shape index (κ2) is 10.0. The Hall–Kier alpha value is -2.44. The Morgan fingerprint density at radius 2 is 1.93 bits per heavy atom. The van der Waals surface area contributed by atoms with Gasteiger partial charge in [-0.2, -0.15) is 0 Å². The summed E-state index contributed by atoms with van der Waals surface area (Å²) in [5, 5.41) is 3.39. The van der Waals surface area contributed by atoms with E-state index in [4.69, 9.17) is 0 Å². The van der Waals surface area contributed by atoms with Crippen molar-refractivity contribution in [2.24, 2.45) is 5.92 Å². The molecule has 0 aliphatic carbocycles. The minimum atomic E-state index is -0.143. The smallest absolute Gasteiger partial charge is 0.253 e. The van der Waals surface area contributed by atoms with Gasteiger partial charge in [-0.25, -0.2) is 0 Å². The molecule has 1 aromatic carbocycles. The van der Waals surface area contributed by atoms with Crippen molar-refractivity contribution in [2.45, 2.75) is 25.8 Å². The van der Waals surface area contributed by atoms with Crippen LogP contribution in [0.4, 0.5) is 0 Å². The largest absolute Gasteiger partial charge is 0.338 e. The third kappa shape index (κ3) is 4.82. The lowest BCUT2D eigenvalue weighted by molar-refractivity contribution is -0.140. The fraction of sp³-hybridized carbons (Fsp3) is 0.435. The van der Waals surface area contributed by atoms with Gasteiger partial charge in [0, 0.05) is 50.7 Å². The van der Waals surface area contributed by atoms with Gasteiger partial charge >= 0.3 is 0 Å². The number of nitrogens with one attached hydrogen (secondary N) is 1. The third-order valence-corrected chi connectivity index (χ3v) is 5.95. The molecule has 2 amide bonds. The predicted molar refractivity (Wildman–Crippen MR) is 119 cm³/mol. The SMILES string of the molecule is Cc1ccc(C(=O)N2CCCC(C(=O)N3CCNCC3c3cccnc3)C2)cc1.Cl. The number of hydrogen-bond acceptors (Lipinski definition) is 4. The van der Waals surface area contributed by atoms with Crippen molar-refractivity contribution in [3.05, 3.63) is 65.5 Å². The maximum atomic E-state index is 13.4. The van der Waals surface area contributed by atoms with E-state index in [0.717, 1.165) is 37.1 Å². The Kier molecular flexibility index (Phi) is 7.45. The molecule has 2 aliphatic rings. The van der Waals surface area contributed by atoms with Crippen LogP contribution in [0, 0.1) is 12.8 Å². The summed E-state index contributed by atoms with van der Waals surface area (Å²) < 4.78 is 0. The van der Waals surface area contributed by atoms with Crippen molar-refractivity contribution < 1.29 is 9.59 Å². The van der Waals surface area contributed by atoms with Crippen LogP contribution in [0.5, 0.6) is 0 Å². The zero-order valence-electron chi connectivity index (χ0n) is 17.3. The molecule has 1 N–H and O–H groups in total. The topological polar surface area (TPSA) is 65.5 Å². The van der Waals surface area contributed by atoms with Crippen LogP contribution in [-0.2, 0) is 4.79 Å². The predicted octanol–water partition coefficient (Wildman–Crippen LogP) is 2.84. The molecule has 0 saturated carbocycles.